The minimum absolute atomic E-state index is 0.0225. The molecule has 0 saturated heterocycles. The van der Waals surface area contributed by atoms with Crippen LogP contribution in [0.25, 0.3) is 10.8 Å². The zero-order valence-electron chi connectivity index (χ0n) is 17.1. The Morgan fingerprint density at radius 2 is 1.73 bits per heavy atom. The van der Waals surface area contributed by atoms with E-state index in [1.54, 1.807) is 6.92 Å². The zero-order chi connectivity index (χ0) is 24.6. The van der Waals surface area contributed by atoms with Gasteiger partial charge in [0.1, 0.15) is 0 Å². The van der Waals surface area contributed by atoms with Gasteiger partial charge in [0.25, 0.3) is 5.56 Å². The van der Waals surface area contributed by atoms with E-state index in [-0.39, 0.29) is 23.7 Å². The number of nitrogens with one attached hydrogen (secondary N) is 1. The maximum atomic E-state index is 13.3. The van der Waals surface area contributed by atoms with Crippen molar-refractivity contribution < 1.29 is 36.2 Å². The van der Waals surface area contributed by atoms with Gasteiger partial charge < -0.3 is 15.0 Å². The predicted octanol–water partition coefficient (Wildman–Crippen LogP) is 4.77. The SMILES string of the molecule is CC(CO)n1ccc2c(NC(=O)Cc3ccc(C(F)(F)F)cc3C(F)(F)F)cccc2c1=O. The van der Waals surface area contributed by atoms with Gasteiger partial charge in [-0.15, -0.1) is 0 Å². The van der Waals surface area contributed by atoms with E-state index in [1.165, 1.54) is 35.0 Å². The van der Waals surface area contributed by atoms with E-state index in [0.717, 1.165) is 0 Å². The molecule has 0 aliphatic heterocycles. The Hall–Kier alpha value is -3.34. The molecule has 0 aliphatic carbocycles. The first-order valence-corrected chi connectivity index (χ1v) is 9.65. The van der Waals surface area contributed by atoms with Gasteiger partial charge in [0.05, 0.1) is 30.2 Å². The molecule has 3 rings (SSSR count). The van der Waals surface area contributed by atoms with Crippen molar-refractivity contribution in [1.82, 2.24) is 4.57 Å². The number of aliphatic hydroxyl groups excluding tert-OH is 1. The second-order valence-corrected chi connectivity index (χ2v) is 7.42. The smallest absolute Gasteiger partial charge is 0.394 e. The molecule has 2 aromatic carbocycles. The number of hydrogen-bond acceptors (Lipinski definition) is 3. The van der Waals surface area contributed by atoms with Crippen LogP contribution in [0.1, 0.15) is 29.7 Å². The Morgan fingerprint density at radius 3 is 2.33 bits per heavy atom. The van der Waals surface area contributed by atoms with E-state index >= 15 is 0 Å². The summed E-state index contributed by atoms with van der Waals surface area (Å²) in [6.45, 7) is 1.34. The molecular weight excluding hydrogens is 454 g/mol. The molecule has 0 aliphatic rings. The molecule has 0 radical (unpaired) electrons. The Balaban J connectivity index is 1.93. The van der Waals surface area contributed by atoms with Gasteiger partial charge in [-0.25, -0.2) is 0 Å². The summed E-state index contributed by atoms with van der Waals surface area (Å²) in [6.07, 6.45) is -9.48. The third kappa shape index (κ3) is 5.19. The summed E-state index contributed by atoms with van der Waals surface area (Å²) in [5.74, 6) is -0.902. The van der Waals surface area contributed by atoms with Crippen molar-refractivity contribution in [2.24, 2.45) is 0 Å². The van der Waals surface area contributed by atoms with Gasteiger partial charge in [0, 0.05) is 22.7 Å². The number of nitrogens with zero attached hydrogens (tertiary/aromatic N) is 1. The second kappa shape index (κ2) is 8.89. The summed E-state index contributed by atoms with van der Waals surface area (Å²) in [5.41, 5.74) is -3.92. The molecule has 33 heavy (non-hydrogen) atoms. The highest BCUT2D eigenvalue weighted by Gasteiger charge is 2.38. The van der Waals surface area contributed by atoms with Crippen LogP contribution in [0.2, 0.25) is 0 Å². The van der Waals surface area contributed by atoms with Crippen LogP contribution in [0.15, 0.2) is 53.5 Å². The lowest BCUT2D eigenvalue weighted by Crippen LogP contribution is -2.25. The molecule has 0 saturated carbocycles. The average molecular weight is 472 g/mol. The zero-order valence-corrected chi connectivity index (χ0v) is 17.1. The van der Waals surface area contributed by atoms with Crippen LogP contribution in [0, 0.1) is 0 Å². The highest BCUT2D eigenvalue weighted by molar-refractivity contribution is 6.02. The normalized spacial score (nSPS) is 13.2. The lowest BCUT2D eigenvalue weighted by atomic mass is 10.00. The van der Waals surface area contributed by atoms with Crippen LogP contribution in [0.4, 0.5) is 32.0 Å². The van der Waals surface area contributed by atoms with Crippen molar-refractivity contribution >= 4 is 22.4 Å². The number of carbonyl (C=O) groups is 1. The molecule has 2 N–H and O–H groups in total. The molecule has 1 aromatic heterocycles. The van der Waals surface area contributed by atoms with E-state index in [4.69, 9.17) is 0 Å². The maximum absolute atomic E-state index is 13.3. The molecule has 0 fully saturated rings. The summed E-state index contributed by atoms with van der Waals surface area (Å²) in [5, 5.41) is 12.2. The summed E-state index contributed by atoms with van der Waals surface area (Å²) >= 11 is 0. The van der Waals surface area contributed by atoms with Gasteiger partial charge in [-0.05, 0) is 42.8 Å². The first-order valence-electron chi connectivity index (χ1n) is 9.65. The molecule has 1 atom stereocenters. The number of pyridine rings is 1. The minimum Gasteiger partial charge on any atom is -0.394 e. The van der Waals surface area contributed by atoms with Crippen LogP contribution in [-0.4, -0.2) is 22.2 Å². The Morgan fingerprint density at radius 1 is 1.03 bits per heavy atom. The molecule has 11 heteroatoms. The number of carbonyl (C=O) groups excluding carboxylic acids is 1. The fraction of sp³-hybridized carbons (Fsp3) is 0.273. The van der Waals surface area contributed by atoms with E-state index < -0.39 is 53.0 Å². The fourth-order valence-electron chi connectivity index (χ4n) is 3.38. The molecular formula is C22H18F6N2O3. The van der Waals surface area contributed by atoms with Crippen molar-refractivity contribution in [3.05, 3.63) is 75.7 Å². The van der Waals surface area contributed by atoms with Gasteiger partial charge in [0.15, 0.2) is 0 Å². The van der Waals surface area contributed by atoms with Gasteiger partial charge in [0.2, 0.25) is 5.91 Å². The lowest BCUT2D eigenvalue weighted by Gasteiger charge is -2.17. The van der Waals surface area contributed by atoms with Crippen LogP contribution in [0.5, 0.6) is 0 Å². The molecule has 1 amide bonds. The Labute approximate surface area is 183 Å². The van der Waals surface area contributed by atoms with Crippen molar-refractivity contribution in [2.75, 3.05) is 11.9 Å². The van der Waals surface area contributed by atoms with Crippen molar-refractivity contribution in [3.63, 3.8) is 0 Å². The van der Waals surface area contributed by atoms with E-state index in [1.807, 2.05) is 0 Å². The number of halogens is 6. The van der Waals surface area contributed by atoms with Crippen LogP contribution in [0.3, 0.4) is 0 Å². The van der Waals surface area contributed by atoms with Crippen molar-refractivity contribution in [2.45, 2.75) is 31.7 Å². The highest BCUT2D eigenvalue weighted by atomic mass is 19.4. The highest BCUT2D eigenvalue weighted by Crippen LogP contribution is 2.37. The minimum atomic E-state index is -5.09. The number of fused-ring (bicyclic) bond motifs is 1. The van der Waals surface area contributed by atoms with Crippen LogP contribution < -0.4 is 10.9 Å². The number of anilines is 1. The first-order chi connectivity index (χ1) is 15.3. The molecule has 0 spiro atoms. The molecule has 176 valence electrons. The number of aromatic nitrogens is 1. The Kier molecular flexibility index (Phi) is 6.55. The second-order valence-electron chi connectivity index (χ2n) is 7.42. The molecule has 0 bridgehead atoms. The number of aliphatic hydroxyl groups is 1. The summed E-state index contributed by atoms with van der Waals surface area (Å²) < 4.78 is 79.8. The third-order valence-electron chi connectivity index (χ3n) is 5.08. The third-order valence-corrected chi connectivity index (χ3v) is 5.08. The molecule has 5 nitrogen and oxygen atoms in total. The van der Waals surface area contributed by atoms with E-state index in [9.17, 15) is 41.0 Å². The summed E-state index contributed by atoms with van der Waals surface area (Å²) in [4.78, 5) is 25.1. The van der Waals surface area contributed by atoms with Crippen LogP contribution in [-0.2, 0) is 23.6 Å². The summed E-state index contributed by atoms with van der Waals surface area (Å²) in [7, 11) is 0. The number of rotatable bonds is 5. The number of hydrogen-bond donors (Lipinski definition) is 2. The summed E-state index contributed by atoms with van der Waals surface area (Å²) in [6, 6.07) is 6.50. The molecule has 1 heterocycles. The standard InChI is InChI=1S/C22H18F6N2O3/c1-12(11-31)30-8-7-15-16(20(30)33)3-2-4-18(15)29-19(32)9-13-5-6-14(21(23,24)25)10-17(13)22(26,27)28/h2-8,10,12,31H,9,11H2,1H3,(H,29,32). The monoisotopic (exact) mass is 472 g/mol. The maximum Gasteiger partial charge on any atom is 0.416 e. The van der Waals surface area contributed by atoms with Crippen molar-refractivity contribution in [3.8, 4) is 0 Å². The Bertz CT molecular complexity index is 1250. The number of benzene rings is 2. The predicted molar refractivity (Wildman–Crippen MR) is 109 cm³/mol. The largest absolute Gasteiger partial charge is 0.416 e. The first kappa shape index (κ1) is 24.3. The molecule has 3 aromatic rings. The van der Waals surface area contributed by atoms with Gasteiger partial charge in [-0.1, -0.05) is 12.1 Å². The number of amides is 1. The van der Waals surface area contributed by atoms with E-state index in [0.29, 0.717) is 17.5 Å². The fourth-order valence-corrected chi connectivity index (χ4v) is 3.38. The lowest BCUT2D eigenvalue weighted by molar-refractivity contribution is -0.143. The van der Waals surface area contributed by atoms with Crippen LogP contribution >= 0.6 is 0 Å². The van der Waals surface area contributed by atoms with Gasteiger partial charge in [-0.2, -0.15) is 26.3 Å². The van der Waals surface area contributed by atoms with E-state index in [2.05, 4.69) is 5.32 Å². The quantitative estimate of drug-likeness (QED) is 0.526. The van der Waals surface area contributed by atoms with Gasteiger partial charge >= 0.3 is 12.4 Å². The van der Waals surface area contributed by atoms with Crippen molar-refractivity contribution in [1.29, 1.82) is 0 Å². The molecule has 1 unspecified atom stereocenters. The topological polar surface area (TPSA) is 71.3 Å². The van der Waals surface area contributed by atoms with Gasteiger partial charge in [-0.3, -0.25) is 9.59 Å². The number of alkyl halides is 6. The average Bonchev–Trinajstić information content (AvgIpc) is 2.72.